The Morgan fingerprint density at radius 1 is 1.50 bits per heavy atom. The molecular formula is C10H14FNO2. The molecular weight excluding hydrogens is 185 g/mol. The molecule has 0 aliphatic rings. The van der Waals surface area contributed by atoms with Crippen molar-refractivity contribution < 1.29 is 14.6 Å². The van der Waals surface area contributed by atoms with Crippen molar-refractivity contribution in [3.05, 3.63) is 29.6 Å². The van der Waals surface area contributed by atoms with Crippen LogP contribution >= 0.6 is 0 Å². The Morgan fingerprint density at radius 3 is 2.79 bits per heavy atom. The maximum absolute atomic E-state index is 12.8. The summed E-state index contributed by atoms with van der Waals surface area (Å²) in [5.74, 6) is -0.252. The maximum atomic E-state index is 12.8. The van der Waals surface area contributed by atoms with E-state index in [1.54, 1.807) is 19.1 Å². The van der Waals surface area contributed by atoms with Crippen LogP contribution in [0.4, 0.5) is 10.1 Å². The molecule has 3 nitrogen and oxygen atoms in total. The number of hydrogen-bond donors (Lipinski definition) is 3. The van der Waals surface area contributed by atoms with Gasteiger partial charge < -0.3 is 15.5 Å². The van der Waals surface area contributed by atoms with Gasteiger partial charge in [-0.25, -0.2) is 4.39 Å². The summed E-state index contributed by atoms with van der Waals surface area (Å²) in [6.07, 6.45) is -0.791. The van der Waals surface area contributed by atoms with E-state index in [0.29, 0.717) is 5.56 Å². The van der Waals surface area contributed by atoms with Crippen molar-refractivity contribution in [2.24, 2.45) is 0 Å². The van der Waals surface area contributed by atoms with E-state index >= 15 is 0 Å². The molecule has 14 heavy (non-hydrogen) atoms. The summed E-state index contributed by atoms with van der Waals surface area (Å²) in [5.41, 5.74) is 1.28. The third kappa shape index (κ3) is 2.97. The average molecular weight is 199 g/mol. The van der Waals surface area contributed by atoms with Crippen molar-refractivity contribution in [3.8, 4) is 0 Å². The van der Waals surface area contributed by atoms with Crippen LogP contribution in [-0.4, -0.2) is 29.5 Å². The summed E-state index contributed by atoms with van der Waals surface area (Å²) in [5, 5.41) is 20.5. The largest absolute Gasteiger partial charge is 0.394 e. The number of rotatable bonds is 4. The fourth-order valence-electron chi connectivity index (χ4n) is 1.05. The Hall–Kier alpha value is -1.13. The number of nitrogens with one attached hydrogen (secondary N) is 1. The second-order valence-electron chi connectivity index (χ2n) is 3.18. The van der Waals surface area contributed by atoms with E-state index in [0.717, 1.165) is 5.69 Å². The molecule has 1 aromatic carbocycles. The van der Waals surface area contributed by atoms with Crippen LogP contribution in [0.2, 0.25) is 0 Å². The molecule has 0 radical (unpaired) electrons. The van der Waals surface area contributed by atoms with E-state index in [9.17, 15) is 4.39 Å². The van der Waals surface area contributed by atoms with E-state index in [1.165, 1.54) is 6.07 Å². The molecule has 0 saturated carbocycles. The summed E-state index contributed by atoms with van der Waals surface area (Å²) >= 11 is 0. The zero-order valence-electron chi connectivity index (χ0n) is 8.00. The van der Waals surface area contributed by atoms with Gasteiger partial charge in [0.25, 0.3) is 0 Å². The molecule has 0 amide bonds. The summed E-state index contributed by atoms with van der Waals surface area (Å²) in [6, 6.07) is 4.61. The second-order valence-corrected chi connectivity index (χ2v) is 3.18. The van der Waals surface area contributed by atoms with Gasteiger partial charge in [-0.05, 0) is 30.7 Å². The van der Waals surface area contributed by atoms with E-state index in [2.05, 4.69) is 5.32 Å². The van der Waals surface area contributed by atoms with Gasteiger partial charge in [0.15, 0.2) is 0 Å². The van der Waals surface area contributed by atoms with E-state index in [-0.39, 0.29) is 19.0 Å². The molecule has 1 atom stereocenters. The first-order chi connectivity index (χ1) is 6.63. The first-order valence-electron chi connectivity index (χ1n) is 4.42. The number of aryl methyl sites for hydroxylation is 1. The minimum Gasteiger partial charge on any atom is -0.394 e. The van der Waals surface area contributed by atoms with Crippen LogP contribution in [0.25, 0.3) is 0 Å². The zero-order valence-corrected chi connectivity index (χ0v) is 8.00. The summed E-state index contributed by atoms with van der Waals surface area (Å²) in [7, 11) is 0. The van der Waals surface area contributed by atoms with Crippen molar-refractivity contribution in [3.63, 3.8) is 0 Å². The van der Waals surface area contributed by atoms with E-state index < -0.39 is 6.10 Å². The lowest BCUT2D eigenvalue weighted by Gasteiger charge is -2.10. The summed E-state index contributed by atoms with van der Waals surface area (Å²) < 4.78 is 12.8. The second kappa shape index (κ2) is 4.93. The molecule has 0 saturated heterocycles. The predicted molar refractivity (Wildman–Crippen MR) is 52.7 cm³/mol. The van der Waals surface area contributed by atoms with Gasteiger partial charge in [-0.3, -0.25) is 0 Å². The SMILES string of the molecule is Cc1cc(NCC(O)CO)ccc1F. The molecule has 1 unspecified atom stereocenters. The minimum atomic E-state index is -0.791. The quantitative estimate of drug-likeness (QED) is 0.675. The van der Waals surface area contributed by atoms with Crippen molar-refractivity contribution in [2.45, 2.75) is 13.0 Å². The highest BCUT2D eigenvalue weighted by Gasteiger charge is 2.02. The van der Waals surface area contributed by atoms with Crippen molar-refractivity contribution in [1.29, 1.82) is 0 Å². The number of anilines is 1. The molecule has 78 valence electrons. The van der Waals surface area contributed by atoms with Crippen molar-refractivity contribution in [2.75, 3.05) is 18.5 Å². The minimum absolute atomic E-state index is 0.252. The number of halogens is 1. The molecule has 0 aromatic heterocycles. The third-order valence-electron chi connectivity index (χ3n) is 1.91. The van der Waals surface area contributed by atoms with E-state index in [4.69, 9.17) is 10.2 Å². The Bertz CT molecular complexity index is 304. The van der Waals surface area contributed by atoms with Crippen LogP contribution < -0.4 is 5.32 Å². The lowest BCUT2D eigenvalue weighted by Crippen LogP contribution is -2.22. The van der Waals surface area contributed by atoms with Gasteiger partial charge in [0.05, 0.1) is 12.7 Å². The normalized spacial score (nSPS) is 12.6. The zero-order chi connectivity index (χ0) is 10.6. The van der Waals surface area contributed by atoms with Gasteiger partial charge in [0, 0.05) is 12.2 Å². The van der Waals surface area contributed by atoms with Gasteiger partial charge in [-0.1, -0.05) is 0 Å². The van der Waals surface area contributed by atoms with Crippen molar-refractivity contribution in [1.82, 2.24) is 0 Å². The Labute approximate surface area is 82.2 Å². The smallest absolute Gasteiger partial charge is 0.126 e. The number of hydrogen-bond acceptors (Lipinski definition) is 3. The Morgan fingerprint density at radius 2 is 2.21 bits per heavy atom. The van der Waals surface area contributed by atoms with Gasteiger partial charge >= 0.3 is 0 Å². The molecule has 3 N–H and O–H groups in total. The summed E-state index contributed by atoms with van der Waals surface area (Å²) in [6.45, 7) is 1.64. The van der Waals surface area contributed by atoms with Crippen LogP contribution in [0.1, 0.15) is 5.56 Å². The van der Waals surface area contributed by atoms with Gasteiger partial charge in [0.1, 0.15) is 5.82 Å². The number of aliphatic hydroxyl groups excluding tert-OH is 2. The molecule has 0 heterocycles. The third-order valence-corrected chi connectivity index (χ3v) is 1.91. The van der Waals surface area contributed by atoms with Crippen LogP contribution in [0.5, 0.6) is 0 Å². The average Bonchev–Trinajstić information content (AvgIpc) is 2.19. The molecule has 0 bridgehead atoms. The standard InChI is InChI=1S/C10H14FNO2/c1-7-4-8(2-3-10(7)11)12-5-9(14)6-13/h2-4,9,12-14H,5-6H2,1H3. The number of benzene rings is 1. The highest BCUT2D eigenvalue weighted by atomic mass is 19.1. The lowest BCUT2D eigenvalue weighted by molar-refractivity contribution is 0.105. The molecule has 1 rings (SSSR count). The molecule has 4 heteroatoms. The molecule has 0 aliphatic heterocycles. The van der Waals surface area contributed by atoms with E-state index in [1.807, 2.05) is 0 Å². The Kier molecular flexibility index (Phi) is 3.85. The monoisotopic (exact) mass is 199 g/mol. The highest BCUT2D eigenvalue weighted by Crippen LogP contribution is 2.13. The fourth-order valence-corrected chi connectivity index (χ4v) is 1.05. The first-order valence-corrected chi connectivity index (χ1v) is 4.42. The van der Waals surface area contributed by atoms with Gasteiger partial charge in [0.2, 0.25) is 0 Å². The topological polar surface area (TPSA) is 52.5 Å². The molecule has 0 aliphatic carbocycles. The molecule has 1 aromatic rings. The van der Waals surface area contributed by atoms with Crippen LogP contribution in [0, 0.1) is 12.7 Å². The molecule has 0 spiro atoms. The number of aliphatic hydroxyl groups is 2. The van der Waals surface area contributed by atoms with Crippen molar-refractivity contribution >= 4 is 5.69 Å². The summed E-state index contributed by atoms with van der Waals surface area (Å²) in [4.78, 5) is 0. The lowest BCUT2D eigenvalue weighted by atomic mass is 10.2. The highest BCUT2D eigenvalue weighted by molar-refractivity contribution is 5.45. The van der Waals surface area contributed by atoms with Crippen LogP contribution in [0.3, 0.4) is 0 Å². The van der Waals surface area contributed by atoms with Gasteiger partial charge in [-0.2, -0.15) is 0 Å². The Balaban J connectivity index is 2.55. The van der Waals surface area contributed by atoms with Crippen LogP contribution in [-0.2, 0) is 0 Å². The van der Waals surface area contributed by atoms with Crippen LogP contribution in [0.15, 0.2) is 18.2 Å². The van der Waals surface area contributed by atoms with Gasteiger partial charge in [-0.15, -0.1) is 0 Å². The predicted octanol–water partition coefficient (Wildman–Crippen LogP) is 0.899. The fraction of sp³-hybridized carbons (Fsp3) is 0.400. The molecule has 0 fully saturated rings. The maximum Gasteiger partial charge on any atom is 0.126 e. The first kappa shape index (κ1) is 10.9.